The van der Waals surface area contributed by atoms with E-state index in [9.17, 15) is 13.6 Å². The molecule has 0 unspecified atom stereocenters. The highest BCUT2D eigenvalue weighted by molar-refractivity contribution is 5.97. The Morgan fingerprint density at radius 2 is 2.05 bits per heavy atom. The van der Waals surface area contributed by atoms with Gasteiger partial charge in [0.1, 0.15) is 5.75 Å². The molecule has 21 heavy (non-hydrogen) atoms. The minimum Gasteiger partial charge on any atom is -0.434 e. The number of rotatable bonds is 3. The van der Waals surface area contributed by atoms with Crippen molar-refractivity contribution in [3.63, 3.8) is 0 Å². The van der Waals surface area contributed by atoms with Crippen molar-refractivity contribution >= 4 is 18.3 Å². The molecular formula is C14H17ClF2N2O2. The summed E-state index contributed by atoms with van der Waals surface area (Å²) in [5, 5.41) is 3.41. The lowest BCUT2D eigenvalue weighted by Gasteiger charge is -2.34. The maximum absolute atomic E-state index is 12.5. The summed E-state index contributed by atoms with van der Waals surface area (Å²) in [7, 11) is 0. The van der Waals surface area contributed by atoms with E-state index in [1.807, 2.05) is 0 Å². The van der Waals surface area contributed by atoms with E-state index in [-0.39, 0.29) is 35.2 Å². The summed E-state index contributed by atoms with van der Waals surface area (Å²) in [4.78, 5) is 14.2. The van der Waals surface area contributed by atoms with Crippen molar-refractivity contribution in [3.8, 4) is 5.75 Å². The smallest absolute Gasteiger partial charge is 0.387 e. The fraction of sp³-hybridized carbons (Fsp3) is 0.500. The van der Waals surface area contributed by atoms with Gasteiger partial charge in [-0.3, -0.25) is 4.79 Å². The van der Waals surface area contributed by atoms with Gasteiger partial charge in [-0.1, -0.05) is 12.1 Å². The molecular weight excluding hydrogens is 302 g/mol. The second-order valence-corrected chi connectivity index (χ2v) is 5.31. The lowest BCUT2D eigenvalue weighted by molar-refractivity contribution is -0.0503. The Labute approximate surface area is 127 Å². The van der Waals surface area contributed by atoms with Crippen LogP contribution in [-0.4, -0.2) is 42.6 Å². The molecule has 1 spiro atoms. The molecule has 7 heteroatoms. The van der Waals surface area contributed by atoms with Gasteiger partial charge in [-0.25, -0.2) is 0 Å². The number of amides is 1. The summed E-state index contributed by atoms with van der Waals surface area (Å²) in [5.74, 6) is -0.301. The first-order valence-corrected chi connectivity index (χ1v) is 6.68. The standard InChI is InChI=1S/C14H16F2N2O2.ClH/c15-13(16)20-11-4-2-1-3-10(11)12(19)18-8-7-17-14(9-18)5-6-14;/h1-4,13,17H,5-9H2;1H. The third-order valence-electron chi connectivity index (χ3n) is 3.85. The van der Waals surface area contributed by atoms with E-state index < -0.39 is 6.61 Å². The summed E-state index contributed by atoms with van der Waals surface area (Å²) in [6, 6.07) is 6.16. The zero-order valence-electron chi connectivity index (χ0n) is 11.4. The van der Waals surface area contributed by atoms with Crippen molar-refractivity contribution in [2.45, 2.75) is 25.0 Å². The van der Waals surface area contributed by atoms with Gasteiger partial charge < -0.3 is 15.0 Å². The summed E-state index contributed by atoms with van der Waals surface area (Å²) >= 11 is 0. The number of para-hydroxylation sites is 1. The molecule has 1 aliphatic heterocycles. The Morgan fingerprint density at radius 1 is 1.33 bits per heavy atom. The van der Waals surface area contributed by atoms with Gasteiger partial charge in [-0.15, -0.1) is 12.4 Å². The molecule has 1 saturated carbocycles. The first-order valence-electron chi connectivity index (χ1n) is 6.68. The maximum atomic E-state index is 12.5. The number of hydrogen-bond donors (Lipinski definition) is 1. The highest BCUT2D eigenvalue weighted by Gasteiger charge is 2.46. The monoisotopic (exact) mass is 318 g/mol. The van der Waals surface area contributed by atoms with Gasteiger partial charge in [0.05, 0.1) is 5.56 Å². The van der Waals surface area contributed by atoms with E-state index in [0.717, 1.165) is 19.4 Å². The molecule has 1 amide bonds. The van der Waals surface area contributed by atoms with Crippen LogP contribution in [0.1, 0.15) is 23.2 Å². The van der Waals surface area contributed by atoms with E-state index >= 15 is 0 Å². The van der Waals surface area contributed by atoms with E-state index in [0.29, 0.717) is 13.1 Å². The molecule has 116 valence electrons. The third-order valence-corrected chi connectivity index (χ3v) is 3.85. The number of piperazine rings is 1. The predicted molar refractivity (Wildman–Crippen MR) is 76.2 cm³/mol. The van der Waals surface area contributed by atoms with Crippen molar-refractivity contribution in [1.82, 2.24) is 10.2 Å². The number of nitrogens with one attached hydrogen (secondary N) is 1. The molecule has 1 N–H and O–H groups in total. The number of ether oxygens (including phenoxy) is 1. The zero-order valence-corrected chi connectivity index (χ0v) is 12.2. The number of hydrogen-bond acceptors (Lipinski definition) is 3. The van der Waals surface area contributed by atoms with Crippen LogP contribution in [0.25, 0.3) is 0 Å². The highest BCUT2D eigenvalue weighted by atomic mass is 35.5. The fourth-order valence-corrected chi connectivity index (χ4v) is 2.63. The molecule has 3 rings (SSSR count). The second-order valence-electron chi connectivity index (χ2n) is 5.31. The molecule has 1 saturated heterocycles. The van der Waals surface area contributed by atoms with Crippen LogP contribution >= 0.6 is 12.4 Å². The number of nitrogens with zero attached hydrogens (tertiary/aromatic N) is 1. The summed E-state index contributed by atoms with van der Waals surface area (Å²) in [6.45, 7) is -0.969. The lowest BCUT2D eigenvalue weighted by atomic mass is 10.1. The minimum atomic E-state index is -2.93. The summed E-state index contributed by atoms with van der Waals surface area (Å²) in [6.07, 6.45) is 2.12. The average molecular weight is 319 g/mol. The fourth-order valence-electron chi connectivity index (χ4n) is 2.63. The Kier molecular flexibility index (Phi) is 4.68. The molecule has 0 aromatic heterocycles. The molecule has 1 aromatic rings. The molecule has 0 bridgehead atoms. The topological polar surface area (TPSA) is 41.6 Å². The van der Waals surface area contributed by atoms with Crippen LogP contribution in [0, 0.1) is 0 Å². The van der Waals surface area contributed by atoms with Gasteiger partial charge in [0.15, 0.2) is 0 Å². The SMILES string of the molecule is Cl.O=C(c1ccccc1OC(F)F)N1CCNC2(CC2)C1. The number of benzene rings is 1. The molecule has 1 heterocycles. The van der Waals surface area contributed by atoms with Gasteiger partial charge in [0.2, 0.25) is 0 Å². The van der Waals surface area contributed by atoms with Crippen molar-refractivity contribution in [2.75, 3.05) is 19.6 Å². The number of halogens is 3. The van der Waals surface area contributed by atoms with Gasteiger partial charge >= 0.3 is 6.61 Å². The normalized spacial score (nSPS) is 19.3. The van der Waals surface area contributed by atoms with Crippen LogP contribution in [0.15, 0.2) is 24.3 Å². The van der Waals surface area contributed by atoms with Crippen molar-refractivity contribution in [3.05, 3.63) is 29.8 Å². The van der Waals surface area contributed by atoms with Gasteiger partial charge in [-0.2, -0.15) is 8.78 Å². The Morgan fingerprint density at radius 3 is 2.71 bits per heavy atom. The van der Waals surface area contributed by atoms with E-state index in [2.05, 4.69) is 10.1 Å². The second kappa shape index (κ2) is 6.15. The molecule has 1 aliphatic carbocycles. The minimum absolute atomic E-state index is 0. The van der Waals surface area contributed by atoms with Crippen LogP contribution < -0.4 is 10.1 Å². The largest absolute Gasteiger partial charge is 0.434 e. The van der Waals surface area contributed by atoms with Gasteiger partial charge in [0.25, 0.3) is 5.91 Å². The van der Waals surface area contributed by atoms with Crippen LogP contribution in [0.3, 0.4) is 0 Å². The zero-order chi connectivity index (χ0) is 14.2. The average Bonchev–Trinajstić information content (AvgIpc) is 3.17. The summed E-state index contributed by atoms with van der Waals surface area (Å²) < 4.78 is 29.2. The van der Waals surface area contributed by atoms with Crippen LogP contribution in [0.4, 0.5) is 8.78 Å². The number of carbonyl (C=O) groups is 1. The van der Waals surface area contributed by atoms with Crippen molar-refractivity contribution < 1.29 is 18.3 Å². The quantitative estimate of drug-likeness (QED) is 0.929. The Bertz CT molecular complexity index is 523. The molecule has 4 nitrogen and oxygen atoms in total. The van der Waals surface area contributed by atoms with Crippen molar-refractivity contribution in [2.24, 2.45) is 0 Å². The number of alkyl halides is 2. The Hall–Kier alpha value is -1.40. The van der Waals surface area contributed by atoms with Gasteiger partial charge in [0, 0.05) is 25.2 Å². The van der Waals surface area contributed by atoms with Crippen LogP contribution in [0.5, 0.6) is 5.75 Å². The molecule has 2 fully saturated rings. The molecule has 0 radical (unpaired) electrons. The number of carbonyl (C=O) groups excluding carboxylic acids is 1. The third kappa shape index (κ3) is 3.44. The van der Waals surface area contributed by atoms with Crippen LogP contribution in [-0.2, 0) is 0 Å². The van der Waals surface area contributed by atoms with Crippen molar-refractivity contribution in [1.29, 1.82) is 0 Å². The highest BCUT2D eigenvalue weighted by Crippen LogP contribution is 2.38. The molecule has 2 aliphatic rings. The summed E-state index contributed by atoms with van der Waals surface area (Å²) in [5.41, 5.74) is 0.261. The predicted octanol–water partition coefficient (Wildman–Crippen LogP) is 2.29. The Balaban J connectivity index is 0.00000161. The maximum Gasteiger partial charge on any atom is 0.387 e. The van der Waals surface area contributed by atoms with Crippen LogP contribution in [0.2, 0.25) is 0 Å². The first-order chi connectivity index (χ1) is 9.60. The first kappa shape index (κ1) is 16.0. The van der Waals surface area contributed by atoms with E-state index in [1.165, 1.54) is 12.1 Å². The molecule has 1 aromatic carbocycles. The lowest BCUT2D eigenvalue weighted by Crippen LogP contribution is -2.54. The molecule has 0 atom stereocenters. The van der Waals surface area contributed by atoms with E-state index in [1.54, 1.807) is 17.0 Å². The van der Waals surface area contributed by atoms with Gasteiger partial charge in [-0.05, 0) is 25.0 Å². The van der Waals surface area contributed by atoms with E-state index in [4.69, 9.17) is 0 Å².